The van der Waals surface area contributed by atoms with Crippen LogP contribution in [0.3, 0.4) is 0 Å². The highest BCUT2D eigenvalue weighted by Crippen LogP contribution is 2.29. The summed E-state index contributed by atoms with van der Waals surface area (Å²) >= 11 is 0. The van der Waals surface area contributed by atoms with Crippen molar-refractivity contribution in [3.05, 3.63) is 23.8 Å². The second-order valence-electron chi connectivity index (χ2n) is 5.54. The van der Waals surface area contributed by atoms with Gasteiger partial charge in [0, 0.05) is 6.54 Å². The molecule has 3 nitrogen and oxygen atoms in total. The lowest BCUT2D eigenvalue weighted by atomic mass is 10.1. The van der Waals surface area contributed by atoms with E-state index in [4.69, 9.17) is 9.47 Å². The van der Waals surface area contributed by atoms with Crippen molar-refractivity contribution in [1.29, 1.82) is 0 Å². The van der Waals surface area contributed by atoms with Gasteiger partial charge in [0.1, 0.15) is 6.10 Å². The number of rotatable bonds is 9. The Morgan fingerprint density at radius 3 is 2.40 bits per heavy atom. The minimum atomic E-state index is 0.176. The van der Waals surface area contributed by atoms with Gasteiger partial charge in [0.2, 0.25) is 0 Å². The molecule has 0 heterocycles. The topological polar surface area (TPSA) is 30.5 Å². The predicted molar refractivity (Wildman–Crippen MR) is 84.8 cm³/mol. The maximum absolute atomic E-state index is 6.08. The highest BCUT2D eigenvalue weighted by Gasteiger charge is 2.12. The molecule has 0 aliphatic heterocycles. The third kappa shape index (κ3) is 5.41. The van der Waals surface area contributed by atoms with Gasteiger partial charge in [-0.2, -0.15) is 0 Å². The Labute approximate surface area is 123 Å². The van der Waals surface area contributed by atoms with Crippen LogP contribution in [0.25, 0.3) is 0 Å². The molecule has 0 saturated carbocycles. The Hall–Kier alpha value is -1.22. The van der Waals surface area contributed by atoms with Crippen LogP contribution in [0.4, 0.5) is 0 Å². The minimum absolute atomic E-state index is 0.176. The fourth-order valence-corrected chi connectivity index (χ4v) is 2.01. The summed E-state index contributed by atoms with van der Waals surface area (Å²) in [4.78, 5) is 0. The normalized spacial score (nSPS) is 12.5. The van der Waals surface area contributed by atoms with Gasteiger partial charge in [0.15, 0.2) is 11.5 Å². The largest absolute Gasteiger partial charge is 0.493 e. The van der Waals surface area contributed by atoms with Crippen molar-refractivity contribution in [3.8, 4) is 11.5 Å². The molecule has 0 aliphatic carbocycles. The van der Waals surface area contributed by atoms with E-state index >= 15 is 0 Å². The molecular formula is C17H29NO2. The standard InChI is InChI=1S/C17H29NO2/c1-6-14-8-9-16(17(10-14)19-5)20-15(7-2)12-18-11-13(3)4/h8-10,13,15,18H,6-7,11-12H2,1-5H3. The molecule has 0 saturated heterocycles. The van der Waals surface area contributed by atoms with Crippen LogP contribution >= 0.6 is 0 Å². The highest BCUT2D eigenvalue weighted by molar-refractivity contribution is 5.43. The van der Waals surface area contributed by atoms with Crippen molar-refractivity contribution in [3.63, 3.8) is 0 Å². The van der Waals surface area contributed by atoms with E-state index in [0.717, 1.165) is 37.4 Å². The first-order valence-electron chi connectivity index (χ1n) is 7.64. The fraction of sp³-hybridized carbons (Fsp3) is 0.647. The first-order chi connectivity index (χ1) is 9.60. The van der Waals surface area contributed by atoms with Crippen LogP contribution in [0.2, 0.25) is 0 Å². The van der Waals surface area contributed by atoms with Crippen molar-refractivity contribution in [2.24, 2.45) is 5.92 Å². The average molecular weight is 279 g/mol. The van der Waals surface area contributed by atoms with E-state index in [2.05, 4.69) is 45.1 Å². The number of methoxy groups -OCH3 is 1. The Balaban J connectivity index is 2.64. The van der Waals surface area contributed by atoms with Crippen molar-refractivity contribution < 1.29 is 9.47 Å². The Bertz CT molecular complexity index is 391. The lowest BCUT2D eigenvalue weighted by Crippen LogP contribution is -2.33. The molecule has 20 heavy (non-hydrogen) atoms. The number of nitrogens with one attached hydrogen (secondary N) is 1. The first kappa shape index (κ1) is 16.8. The lowest BCUT2D eigenvalue weighted by Gasteiger charge is -2.20. The van der Waals surface area contributed by atoms with Gasteiger partial charge in [-0.1, -0.05) is 33.8 Å². The molecule has 114 valence electrons. The highest BCUT2D eigenvalue weighted by atomic mass is 16.5. The molecule has 1 rings (SSSR count). The van der Waals surface area contributed by atoms with Gasteiger partial charge in [0.05, 0.1) is 7.11 Å². The number of aryl methyl sites for hydroxylation is 1. The second-order valence-corrected chi connectivity index (χ2v) is 5.54. The van der Waals surface area contributed by atoms with Crippen LogP contribution in [0, 0.1) is 5.92 Å². The zero-order valence-corrected chi connectivity index (χ0v) is 13.5. The molecule has 3 heteroatoms. The summed E-state index contributed by atoms with van der Waals surface area (Å²) in [7, 11) is 1.69. The molecule has 1 N–H and O–H groups in total. The maximum atomic E-state index is 6.08. The zero-order chi connectivity index (χ0) is 15.0. The molecular weight excluding hydrogens is 250 g/mol. The molecule has 0 bridgehead atoms. The second kappa shape index (κ2) is 8.85. The van der Waals surface area contributed by atoms with E-state index in [-0.39, 0.29) is 6.10 Å². The number of ether oxygens (including phenoxy) is 2. The zero-order valence-electron chi connectivity index (χ0n) is 13.5. The third-order valence-electron chi connectivity index (χ3n) is 3.31. The summed E-state index contributed by atoms with van der Waals surface area (Å²) in [5, 5.41) is 3.45. The molecule has 1 aromatic rings. The van der Waals surface area contributed by atoms with Crippen LogP contribution in [0.1, 0.15) is 39.7 Å². The maximum Gasteiger partial charge on any atom is 0.161 e. The Morgan fingerprint density at radius 2 is 1.85 bits per heavy atom. The molecule has 0 aliphatic rings. The molecule has 0 spiro atoms. The molecule has 0 aromatic heterocycles. The summed E-state index contributed by atoms with van der Waals surface area (Å²) in [5.41, 5.74) is 1.26. The van der Waals surface area contributed by atoms with E-state index in [1.165, 1.54) is 5.56 Å². The van der Waals surface area contributed by atoms with Crippen LogP contribution in [-0.2, 0) is 6.42 Å². The molecule has 0 radical (unpaired) electrons. The van der Waals surface area contributed by atoms with Crippen molar-refractivity contribution >= 4 is 0 Å². The third-order valence-corrected chi connectivity index (χ3v) is 3.31. The van der Waals surface area contributed by atoms with Gasteiger partial charge in [-0.25, -0.2) is 0 Å². The fourth-order valence-electron chi connectivity index (χ4n) is 2.01. The van der Waals surface area contributed by atoms with Crippen molar-refractivity contribution in [1.82, 2.24) is 5.32 Å². The number of benzene rings is 1. The molecule has 0 fully saturated rings. The van der Waals surface area contributed by atoms with Crippen molar-refractivity contribution in [2.45, 2.75) is 46.6 Å². The van der Waals surface area contributed by atoms with Crippen LogP contribution in [0.5, 0.6) is 11.5 Å². The molecule has 1 unspecified atom stereocenters. The summed E-state index contributed by atoms with van der Waals surface area (Å²) in [6.07, 6.45) is 2.16. The number of hydrogen-bond acceptors (Lipinski definition) is 3. The summed E-state index contributed by atoms with van der Waals surface area (Å²) in [6, 6.07) is 6.18. The Morgan fingerprint density at radius 1 is 1.10 bits per heavy atom. The van der Waals surface area contributed by atoms with Crippen molar-refractivity contribution in [2.75, 3.05) is 20.2 Å². The van der Waals surface area contributed by atoms with Gasteiger partial charge < -0.3 is 14.8 Å². The number of hydrogen-bond donors (Lipinski definition) is 1. The van der Waals surface area contributed by atoms with Crippen LogP contribution in [-0.4, -0.2) is 26.3 Å². The summed E-state index contributed by atoms with van der Waals surface area (Å²) in [5.74, 6) is 2.32. The lowest BCUT2D eigenvalue weighted by molar-refractivity contribution is 0.184. The summed E-state index contributed by atoms with van der Waals surface area (Å²) in [6.45, 7) is 10.6. The van der Waals surface area contributed by atoms with Gasteiger partial charge in [0.25, 0.3) is 0 Å². The van der Waals surface area contributed by atoms with Crippen LogP contribution < -0.4 is 14.8 Å². The quantitative estimate of drug-likeness (QED) is 0.748. The molecule has 1 atom stereocenters. The molecule has 0 amide bonds. The SMILES string of the molecule is CCc1ccc(OC(CC)CNCC(C)C)c(OC)c1. The van der Waals surface area contributed by atoms with E-state index in [1.54, 1.807) is 7.11 Å². The minimum Gasteiger partial charge on any atom is -0.493 e. The predicted octanol–water partition coefficient (Wildman–Crippen LogP) is 3.66. The van der Waals surface area contributed by atoms with Crippen LogP contribution in [0.15, 0.2) is 18.2 Å². The van der Waals surface area contributed by atoms with Gasteiger partial charge in [-0.15, -0.1) is 0 Å². The monoisotopic (exact) mass is 279 g/mol. The van der Waals surface area contributed by atoms with Gasteiger partial charge in [-0.05, 0) is 43.0 Å². The first-order valence-corrected chi connectivity index (χ1v) is 7.64. The van der Waals surface area contributed by atoms with E-state index in [1.807, 2.05) is 6.07 Å². The summed E-state index contributed by atoms with van der Waals surface area (Å²) < 4.78 is 11.5. The smallest absolute Gasteiger partial charge is 0.161 e. The Kier molecular flexibility index (Phi) is 7.45. The van der Waals surface area contributed by atoms with Gasteiger partial charge in [-0.3, -0.25) is 0 Å². The average Bonchev–Trinajstić information content (AvgIpc) is 2.45. The van der Waals surface area contributed by atoms with E-state index < -0.39 is 0 Å². The van der Waals surface area contributed by atoms with E-state index in [0.29, 0.717) is 5.92 Å². The van der Waals surface area contributed by atoms with E-state index in [9.17, 15) is 0 Å². The van der Waals surface area contributed by atoms with Gasteiger partial charge >= 0.3 is 0 Å². The molecule has 1 aromatic carbocycles.